The Labute approximate surface area is 77.5 Å². The fourth-order valence-corrected chi connectivity index (χ4v) is 1.15. The molecule has 0 aromatic carbocycles. The maximum absolute atomic E-state index is 8.66. The number of nitrogen functional groups attached to an aromatic ring is 1. The summed E-state index contributed by atoms with van der Waals surface area (Å²) in [5, 5.41) is 15.9. The first-order valence-corrected chi connectivity index (χ1v) is 4.45. The monoisotopic (exact) mass is 184 g/mol. The van der Waals surface area contributed by atoms with E-state index in [9.17, 15) is 0 Å². The van der Waals surface area contributed by atoms with Gasteiger partial charge in [-0.15, -0.1) is 0 Å². The Morgan fingerprint density at radius 3 is 3.08 bits per heavy atom. The Hall–Kier alpha value is -1.23. The largest absolute Gasteiger partial charge is 0.396 e. The second kappa shape index (κ2) is 4.71. The van der Waals surface area contributed by atoms with Gasteiger partial charge in [-0.05, 0) is 13.3 Å². The number of aliphatic hydroxyl groups is 1. The summed E-state index contributed by atoms with van der Waals surface area (Å²) in [6.45, 7) is 3.68. The average Bonchev–Trinajstić information content (AvgIpc) is 2.46. The molecule has 0 saturated carbocycles. The summed E-state index contributed by atoms with van der Waals surface area (Å²) in [7, 11) is 0. The normalized spacial score (nSPS) is 10.3. The van der Waals surface area contributed by atoms with Crippen LogP contribution in [0.25, 0.3) is 0 Å². The lowest BCUT2D eigenvalue weighted by Crippen LogP contribution is -2.09. The fraction of sp³-hybridized carbons (Fsp3) is 0.625. The number of hydrogen-bond acceptors (Lipinski definition) is 4. The fourth-order valence-electron chi connectivity index (χ4n) is 1.15. The van der Waals surface area contributed by atoms with Gasteiger partial charge in [-0.2, -0.15) is 5.10 Å². The number of anilines is 2. The zero-order chi connectivity index (χ0) is 9.68. The highest BCUT2D eigenvalue weighted by atomic mass is 16.3. The molecule has 4 N–H and O–H groups in total. The van der Waals surface area contributed by atoms with Crippen molar-refractivity contribution in [2.75, 3.05) is 24.2 Å². The molecule has 0 bridgehead atoms. The first kappa shape index (κ1) is 9.85. The van der Waals surface area contributed by atoms with Crippen molar-refractivity contribution < 1.29 is 5.11 Å². The Morgan fingerprint density at radius 2 is 2.46 bits per heavy atom. The summed E-state index contributed by atoms with van der Waals surface area (Å²) in [5.41, 5.74) is 6.34. The lowest BCUT2D eigenvalue weighted by molar-refractivity contribution is 0.277. The quantitative estimate of drug-likeness (QED) is 0.614. The van der Waals surface area contributed by atoms with E-state index in [1.807, 2.05) is 6.92 Å². The highest BCUT2D eigenvalue weighted by Crippen LogP contribution is 2.16. The van der Waals surface area contributed by atoms with E-state index in [4.69, 9.17) is 10.8 Å². The minimum atomic E-state index is 0.172. The Bertz CT molecular complexity index is 259. The lowest BCUT2D eigenvalue weighted by Gasteiger charge is -2.07. The van der Waals surface area contributed by atoms with E-state index in [1.54, 1.807) is 10.9 Å². The maximum atomic E-state index is 8.66. The van der Waals surface area contributed by atoms with Crippen molar-refractivity contribution >= 4 is 11.5 Å². The molecular formula is C8H16N4O. The molecule has 0 amide bonds. The number of nitrogens with one attached hydrogen (secondary N) is 1. The molecule has 0 fully saturated rings. The Balaban J connectivity index is 2.68. The SMILES string of the molecule is CCNc1c(N)cnn1CCCO. The standard InChI is InChI=1S/C8H16N4O/c1-2-10-8-7(9)6-11-12(8)4-3-5-13/h6,10,13H,2-5,9H2,1H3. The van der Waals surface area contributed by atoms with Gasteiger partial charge in [0, 0.05) is 19.7 Å². The van der Waals surface area contributed by atoms with Gasteiger partial charge in [0.1, 0.15) is 5.82 Å². The van der Waals surface area contributed by atoms with Crippen LogP contribution in [0.5, 0.6) is 0 Å². The van der Waals surface area contributed by atoms with Gasteiger partial charge < -0.3 is 16.2 Å². The number of nitrogens with zero attached hydrogens (tertiary/aromatic N) is 2. The van der Waals surface area contributed by atoms with Crippen LogP contribution in [0.2, 0.25) is 0 Å². The van der Waals surface area contributed by atoms with Crippen LogP contribution in [0.3, 0.4) is 0 Å². The molecule has 0 unspecified atom stereocenters. The zero-order valence-corrected chi connectivity index (χ0v) is 7.82. The summed E-state index contributed by atoms with van der Waals surface area (Å²) in [6.07, 6.45) is 2.31. The van der Waals surface area contributed by atoms with Gasteiger partial charge >= 0.3 is 0 Å². The van der Waals surface area contributed by atoms with Crippen molar-refractivity contribution in [3.05, 3.63) is 6.20 Å². The van der Waals surface area contributed by atoms with Crippen LogP contribution < -0.4 is 11.1 Å². The van der Waals surface area contributed by atoms with Crippen molar-refractivity contribution in [2.24, 2.45) is 0 Å². The van der Waals surface area contributed by atoms with Crippen LogP contribution in [0.15, 0.2) is 6.20 Å². The van der Waals surface area contributed by atoms with Crippen LogP contribution in [0.1, 0.15) is 13.3 Å². The average molecular weight is 184 g/mol. The molecule has 1 heterocycles. The topological polar surface area (TPSA) is 76.1 Å². The van der Waals surface area contributed by atoms with Crippen LogP contribution >= 0.6 is 0 Å². The molecule has 0 aliphatic carbocycles. The van der Waals surface area contributed by atoms with E-state index in [0.717, 1.165) is 12.4 Å². The van der Waals surface area contributed by atoms with E-state index in [0.29, 0.717) is 18.7 Å². The zero-order valence-electron chi connectivity index (χ0n) is 7.82. The number of hydrogen-bond donors (Lipinski definition) is 3. The van der Waals surface area contributed by atoms with E-state index in [-0.39, 0.29) is 6.61 Å². The van der Waals surface area contributed by atoms with Crippen LogP contribution in [-0.2, 0) is 6.54 Å². The van der Waals surface area contributed by atoms with Crippen LogP contribution in [-0.4, -0.2) is 28.0 Å². The van der Waals surface area contributed by atoms with E-state index >= 15 is 0 Å². The second-order valence-electron chi connectivity index (χ2n) is 2.78. The molecule has 0 radical (unpaired) electrons. The third-order valence-electron chi connectivity index (χ3n) is 1.74. The molecular weight excluding hydrogens is 168 g/mol. The van der Waals surface area contributed by atoms with Gasteiger partial charge in [0.2, 0.25) is 0 Å². The minimum Gasteiger partial charge on any atom is -0.396 e. The molecule has 0 spiro atoms. The van der Waals surface area contributed by atoms with E-state index in [2.05, 4.69) is 10.4 Å². The molecule has 13 heavy (non-hydrogen) atoms. The van der Waals surface area contributed by atoms with Crippen LogP contribution in [0.4, 0.5) is 11.5 Å². The van der Waals surface area contributed by atoms with Crippen LogP contribution in [0, 0.1) is 0 Å². The summed E-state index contributed by atoms with van der Waals surface area (Å²) >= 11 is 0. The molecule has 0 aliphatic rings. The summed E-state index contributed by atoms with van der Waals surface area (Å²) in [5.74, 6) is 0.843. The molecule has 1 aromatic rings. The van der Waals surface area contributed by atoms with E-state index in [1.165, 1.54) is 0 Å². The molecule has 5 heteroatoms. The molecule has 74 valence electrons. The van der Waals surface area contributed by atoms with Crippen molar-refractivity contribution in [2.45, 2.75) is 19.9 Å². The summed E-state index contributed by atoms with van der Waals surface area (Å²) in [4.78, 5) is 0. The predicted molar refractivity (Wildman–Crippen MR) is 52.5 cm³/mol. The second-order valence-corrected chi connectivity index (χ2v) is 2.78. The van der Waals surface area contributed by atoms with Gasteiger partial charge in [-0.1, -0.05) is 0 Å². The van der Waals surface area contributed by atoms with Crippen molar-refractivity contribution in [1.29, 1.82) is 0 Å². The predicted octanol–water partition coefficient (Wildman–Crippen LogP) is 0.279. The smallest absolute Gasteiger partial charge is 0.147 e. The first-order chi connectivity index (χ1) is 6.29. The molecule has 0 aliphatic heterocycles. The number of aliphatic hydroxyl groups excluding tert-OH is 1. The number of nitrogens with two attached hydrogens (primary N) is 1. The minimum absolute atomic E-state index is 0.172. The van der Waals surface area contributed by atoms with Gasteiger partial charge in [-0.25, -0.2) is 4.68 Å². The first-order valence-electron chi connectivity index (χ1n) is 4.45. The van der Waals surface area contributed by atoms with Crippen molar-refractivity contribution in [3.8, 4) is 0 Å². The van der Waals surface area contributed by atoms with Gasteiger partial charge in [-0.3, -0.25) is 0 Å². The van der Waals surface area contributed by atoms with Gasteiger partial charge in [0.05, 0.1) is 11.9 Å². The highest BCUT2D eigenvalue weighted by molar-refractivity contribution is 5.60. The van der Waals surface area contributed by atoms with E-state index < -0.39 is 0 Å². The maximum Gasteiger partial charge on any atom is 0.147 e. The van der Waals surface area contributed by atoms with Crippen molar-refractivity contribution in [3.63, 3.8) is 0 Å². The van der Waals surface area contributed by atoms with Gasteiger partial charge in [0.25, 0.3) is 0 Å². The molecule has 0 atom stereocenters. The number of aromatic nitrogens is 2. The number of rotatable bonds is 5. The lowest BCUT2D eigenvalue weighted by atomic mass is 10.4. The summed E-state index contributed by atoms with van der Waals surface area (Å²) in [6, 6.07) is 0. The molecule has 5 nitrogen and oxygen atoms in total. The van der Waals surface area contributed by atoms with Crippen molar-refractivity contribution in [1.82, 2.24) is 9.78 Å². The molecule has 1 rings (SSSR count). The Kier molecular flexibility index (Phi) is 3.57. The molecule has 1 aromatic heterocycles. The third kappa shape index (κ3) is 2.35. The third-order valence-corrected chi connectivity index (χ3v) is 1.74. The number of aryl methyl sites for hydroxylation is 1. The highest BCUT2D eigenvalue weighted by Gasteiger charge is 2.05. The molecule has 0 saturated heterocycles. The summed E-state index contributed by atoms with van der Waals surface area (Å²) < 4.78 is 1.77. The Morgan fingerprint density at radius 1 is 1.69 bits per heavy atom. The van der Waals surface area contributed by atoms with Gasteiger partial charge in [0.15, 0.2) is 0 Å².